The van der Waals surface area contributed by atoms with Crippen LogP contribution >= 0.6 is 11.3 Å². The van der Waals surface area contributed by atoms with Crippen molar-refractivity contribution in [2.75, 3.05) is 6.54 Å². The molecule has 0 bridgehead atoms. The summed E-state index contributed by atoms with van der Waals surface area (Å²) >= 11 is 1.50. The van der Waals surface area contributed by atoms with Gasteiger partial charge in [0.25, 0.3) is 0 Å². The van der Waals surface area contributed by atoms with Gasteiger partial charge in [-0.25, -0.2) is 0 Å². The summed E-state index contributed by atoms with van der Waals surface area (Å²) in [6.45, 7) is 2.38. The van der Waals surface area contributed by atoms with E-state index in [2.05, 4.69) is 11.8 Å². The molecule has 0 aliphatic carbocycles. The average molecular weight is 302 g/mol. The lowest BCUT2D eigenvalue weighted by atomic mass is 10.2. The number of nitro benzene ring substituents is 1. The van der Waals surface area contributed by atoms with Crippen LogP contribution in [-0.4, -0.2) is 11.5 Å². The average Bonchev–Trinajstić information content (AvgIpc) is 2.91. The van der Waals surface area contributed by atoms with Crippen LogP contribution in [0.5, 0.6) is 5.75 Å². The number of rotatable bonds is 4. The van der Waals surface area contributed by atoms with E-state index in [4.69, 9.17) is 10.5 Å². The zero-order valence-electron chi connectivity index (χ0n) is 11.5. The molecule has 0 unspecified atom stereocenters. The van der Waals surface area contributed by atoms with Gasteiger partial charge in [-0.3, -0.25) is 10.1 Å². The Hall–Kier alpha value is -2.36. The van der Waals surface area contributed by atoms with E-state index < -0.39 is 4.92 Å². The van der Waals surface area contributed by atoms with E-state index >= 15 is 0 Å². The standard InChI is InChI=1S/C15H14N2O3S/c1-11-4-2-6-14(17(18)19)15(11)20-9-13-8-12(10-21-13)5-3-7-16/h2,4,6,8,10H,7,9,16H2,1H3. The molecule has 2 aromatic rings. The molecule has 0 saturated heterocycles. The maximum atomic E-state index is 11.0. The van der Waals surface area contributed by atoms with Crippen LogP contribution in [0.25, 0.3) is 0 Å². The van der Waals surface area contributed by atoms with Crippen LogP contribution < -0.4 is 10.5 Å². The highest BCUT2D eigenvalue weighted by Crippen LogP contribution is 2.31. The van der Waals surface area contributed by atoms with Crippen molar-refractivity contribution in [1.29, 1.82) is 0 Å². The molecule has 1 aromatic heterocycles. The molecule has 0 aliphatic rings. The minimum atomic E-state index is -0.436. The number of aryl methyl sites for hydroxylation is 1. The van der Waals surface area contributed by atoms with Crippen LogP contribution in [0.4, 0.5) is 5.69 Å². The van der Waals surface area contributed by atoms with Gasteiger partial charge in [-0.15, -0.1) is 11.3 Å². The second-order valence-corrected chi connectivity index (χ2v) is 5.27. The number of nitrogens with two attached hydrogens (primary N) is 1. The Morgan fingerprint density at radius 3 is 3.00 bits per heavy atom. The smallest absolute Gasteiger partial charge is 0.311 e. The number of hydrogen-bond acceptors (Lipinski definition) is 5. The van der Waals surface area contributed by atoms with Gasteiger partial charge in [-0.2, -0.15) is 0 Å². The summed E-state index contributed by atoms with van der Waals surface area (Å²) in [5.74, 6) is 6.03. The van der Waals surface area contributed by atoms with Gasteiger partial charge in [0.1, 0.15) is 6.61 Å². The van der Waals surface area contributed by atoms with Gasteiger partial charge in [-0.05, 0) is 18.6 Å². The van der Waals surface area contributed by atoms with E-state index in [1.165, 1.54) is 17.4 Å². The predicted octanol–water partition coefficient (Wildman–Crippen LogP) is 2.85. The van der Waals surface area contributed by atoms with Crippen LogP contribution in [0.2, 0.25) is 0 Å². The SMILES string of the molecule is Cc1cccc([N+](=O)[O-])c1OCc1cc(C#CCN)cs1. The fourth-order valence-electron chi connectivity index (χ4n) is 1.79. The normalized spacial score (nSPS) is 9.81. The van der Waals surface area contributed by atoms with E-state index in [1.807, 2.05) is 11.4 Å². The molecule has 0 atom stereocenters. The molecule has 1 aromatic carbocycles. The van der Waals surface area contributed by atoms with Crippen LogP contribution in [0.3, 0.4) is 0 Å². The topological polar surface area (TPSA) is 78.4 Å². The summed E-state index contributed by atoms with van der Waals surface area (Å²) in [7, 11) is 0. The van der Waals surface area contributed by atoms with Crippen molar-refractivity contribution in [2.45, 2.75) is 13.5 Å². The number of thiophene rings is 1. The third kappa shape index (κ3) is 3.81. The van der Waals surface area contributed by atoms with Crippen LogP contribution in [0, 0.1) is 28.9 Å². The monoisotopic (exact) mass is 302 g/mol. The van der Waals surface area contributed by atoms with Gasteiger partial charge in [0.2, 0.25) is 0 Å². The second kappa shape index (κ2) is 6.88. The minimum Gasteiger partial charge on any atom is -0.481 e. The lowest BCUT2D eigenvalue weighted by molar-refractivity contribution is -0.386. The maximum absolute atomic E-state index is 11.0. The molecule has 108 valence electrons. The van der Waals surface area contributed by atoms with E-state index in [1.54, 1.807) is 19.1 Å². The molecular formula is C15H14N2O3S. The van der Waals surface area contributed by atoms with Gasteiger partial charge in [0, 0.05) is 21.9 Å². The first-order valence-corrected chi connectivity index (χ1v) is 7.13. The van der Waals surface area contributed by atoms with Gasteiger partial charge in [-0.1, -0.05) is 24.0 Å². The zero-order chi connectivity index (χ0) is 15.2. The van der Waals surface area contributed by atoms with Crippen LogP contribution in [0.15, 0.2) is 29.6 Å². The van der Waals surface area contributed by atoms with Crippen molar-refractivity contribution >= 4 is 17.0 Å². The summed E-state index contributed by atoms with van der Waals surface area (Å²) < 4.78 is 5.63. The fourth-order valence-corrected chi connectivity index (χ4v) is 2.51. The van der Waals surface area contributed by atoms with Crippen molar-refractivity contribution in [1.82, 2.24) is 0 Å². The first kappa shape index (κ1) is 15.0. The molecule has 0 radical (unpaired) electrons. The van der Waals surface area contributed by atoms with Crippen molar-refractivity contribution in [3.63, 3.8) is 0 Å². The molecule has 0 fully saturated rings. The Labute approximate surface area is 126 Å². The lowest BCUT2D eigenvalue weighted by Gasteiger charge is -2.08. The van der Waals surface area contributed by atoms with Crippen molar-refractivity contribution in [3.05, 3.63) is 55.8 Å². The summed E-state index contributed by atoms with van der Waals surface area (Å²) in [6.07, 6.45) is 0. The summed E-state index contributed by atoms with van der Waals surface area (Å²) in [5, 5.41) is 12.9. The molecule has 0 saturated carbocycles. The number of nitrogens with zero attached hydrogens (tertiary/aromatic N) is 1. The number of para-hydroxylation sites is 1. The molecule has 2 N–H and O–H groups in total. The number of hydrogen-bond donors (Lipinski definition) is 1. The summed E-state index contributed by atoms with van der Waals surface area (Å²) in [5.41, 5.74) is 6.92. The third-order valence-corrected chi connectivity index (χ3v) is 3.65. The fraction of sp³-hybridized carbons (Fsp3) is 0.200. The van der Waals surface area contributed by atoms with E-state index in [-0.39, 0.29) is 12.3 Å². The Bertz CT molecular complexity index is 713. The molecule has 1 heterocycles. The van der Waals surface area contributed by atoms with Crippen LogP contribution in [0.1, 0.15) is 16.0 Å². The van der Waals surface area contributed by atoms with Gasteiger partial charge < -0.3 is 10.5 Å². The highest BCUT2D eigenvalue weighted by atomic mass is 32.1. The molecule has 6 heteroatoms. The highest BCUT2D eigenvalue weighted by molar-refractivity contribution is 7.10. The summed E-state index contributed by atoms with van der Waals surface area (Å²) in [6, 6.07) is 6.77. The summed E-state index contributed by atoms with van der Waals surface area (Å²) in [4.78, 5) is 11.5. The molecule has 5 nitrogen and oxygen atoms in total. The van der Waals surface area contributed by atoms with Crippen LogP contribution in [-0.2, 0) is 6.61 Å². The van der Waals surface area contributed by atoms with Gasteiger partial charge in [0.15, 0.2) is 5.75 Å². The minimum absolute atomic E-state index is 0.0188. The van der Waals surface area contributed by atoms with E-state index in [0.29, 0.717) is 12.3 Å². The molecule has 0 aliphatic heterocycles. The highest BCUT2D eigenvalue weighted by Gasteiger charge is 2.17. The Balaban J connectivity index is 2.13. The Kier molecular flexibility index (Phi) is 4.93. The quantitative estimate of drug-likeness (QED) is 0.535. The molecule has 2 rings (SSSR count). The first-order valence-electron chi connectivity index (χ1n) is 6.25. The second-order valence-electron chi connectivity index (χ2n) is 4.28. The predicted molar refractivity (Wildman–Crippen MR) is 82.4 cm³/mol. The molecule has 0 amide bonds. The number of nitro groups is 1. The molecule has 21 heavy (non-hydrogen) atoms. The molecular weight excluding hydrogens is 288 g/mol. The van der Waals surface area contributed by atoms with Crippen molar-refractivity contribution in [2.24, 2.45) is 5.73 Å². The van der Waals surface area contributed by atoms with E-state index in [0.717, 1.165) is 16.0 Å². The number of ether oxygens (including phenoxy) is 1. The van der Waals surface area contributed by atoms with Crippen molar-refractivity contribution < 1.29 is 9.66 Å². The molecule has 0 spiro atoms. The Morgan fingerprint density at radius 2 is 2.29 bits per heavy atom. The Morgan fingerprint density at radius 1 is 1.48 bits per heavy atom. The van der Waals surface area contributed by atoms with Crippen molar-refractivity contribution in [3.8, 4) is 17.6 Å². The van der Waals surface area contributed by atoms with E-state index in [9.17, 15) is 10.1 Å². The lowest BCUT2D eigenvalue weighted by Crippen LogP contribution is -1.99. The third-order valence-electron chi connectivity index (χ3n) is 2.74. The number of benzene rings is 1. The largest absolute Gasteiger partial charge is 0.481 e. The van der Waals surface area contributed by atoms with Gasteiger partial charge in [0.05, 0.1) is 11.5 Å². The zero-order valence-corrected chi connectivity index (χ0v) is 12.3. The van der Waals surface area contributed by atoms with Gasteiger partial charge >= 0.3 is 5.69 Å². The first-order chi connectivity index (χ1) is 10.1. The maximum Gasteiger partial charge on any atom is 0.311 e.